The molecule has 0 bridgehead atoms. The molecular weight excluding hydrogens is 392 g/mol. The molecule has 2 aliphatic heterocycles. The Kier molecular flexibility index (Phi) is 4.91. The molecular formula is C22H30N8O. The van der Waals surface area contributed by atoms with Crippen LogP contribution in [0.25, 0.3) is 5.65 Å². The zero-order valence-corrected chi connectivity index (χ0v) is 18.5. The van der Waals surface area contributed by atoms with Crippen LogP contribution in [0, 0.1) is 0 Å². The summed E-state index contributed by atoms with van der Waals surface area (Å²) in [6, 6.07) is 5.92. The Hall–Kier alpha value is -2.97. The zero-order chi connectivity index (χ0) is 21.6. The second-order valence-corrected chi connectivity index (χ2v) is 9.70. The number of hydrogen-bond donors (Lipinski definition) is 1. The molecule has 0 spiro atoms. The maximum absolute atomic E-state index is 12.9. The number of nitrogens with zero attached hydrogens (tertiary/aromatic N) is 7. The number of fused-ring (bicyclic) bond motifs is 1. The van der Waals surface area contributed by atoms with E-state index in [1.807, 2.05) is 27.6 Å². The molecule has 0 unspecified atom stereocenters. The molecule has 0 aromatic carbocycles. The van der Waals surface area contributed by atoms with E-state index >= 15 is 0 Å². The molecule has 9 heteroatoms. The van der Waals surface area contributed by atoms with Crippen LogP contribution in [0.1, 0.15) is 74.4 Å². The molecule has 3 aromatic rings. The number of likely N-dealkylation sites (tertiary alicyclic amines) is 1. The minimum absolute atomic E-state index is 0.00857. The van der Waals surface area contributed by atoms with Crippen molar-refractivity contribution in [1.29, 1.82) is 0 Å². The van der Waals surface area contributed by atoms with Crippen molar-refractivity contribution in [3.8, 4) is 0 Å². The normalized spacial score (nSPS) is 18.3. The Labute approximate surface area is 181 Å². The number of rotatable bonds is 3. The van der Waals surface area contributed by atoms with Gasteiger partial charge in [-0.2, -0.15) is 9.61 Å². The number of H-pyrrole nitrogens is 1. The number of carbonyl (C=O) groups is 1. The van der Waals surface area contributed by atoms with E-state index in [0.717, 1.165) is 48.9 Å². The fourth-order valence-corrected chi connectivity index (χ4v) is 4.48. The first-order valence-electron chi connectivity index (χ1n) is 11.2. The zero-order valence-electron chi connectivity index (χ0n) is 18.5. The molecule has 2 saturated heterocycles. The van der Waals surface area contributed by atoms with E-state index < -0.39 is 0 Å². The molecule has 0 radical (unpaired) electrons. The van der Waals surface area contributed by atoms with Crippen molar-refractivity contribution in [2.45, 2.75) is 57.8 Å². The van der Waals surface area contributed by atoms with E-state index in [1.54, 1.807) is 0 Å². The minimum atomic E-state index is -0.0613. The van der Waals surface area contributed by atoms with Crippen LogP contribution in [0.2, 0.25) is 0 Å². The summed E-state index contributed by atoms with van der Waals surface area (Å²) in [7, 11) is 0. The maximum atomic E-state index is 12.9. The second-order valence-electron chi connectivity index (χ2n) is 9.70. The lowest BCUT2D eigenvalue weighted by atomic mass is 9.92. The number of amides is 1. The van der Waals surface area contributed by atoms with Gasteiger partial charge in [0.25, 0.3) is 5.91 Å². The number of anilines is 1. The molecule has 9 nitrogen and oxygen atoms in total. The molecule has 1 amide bonds. The van der Waals surface area contributed by atoms with Crippen molar-refractivity contribution < 1.29 is 4.79 Å². The predicted octanol–water partition coefficient (Wildman–Crippen LogP) is 2.76. The van der Waals surface area contributed by atoms with Crippen LogP contribution in [0.15, 0.2) is 18.2 Å². The molecule has 0 aliphatic carbocycles. The quantitative estimate of drug-likeness (QED) is 0.697. The van der Waals surface area contributed by atoms with Gasteiger partial charge in [-0.25, -0.2) is 0 Å². The molecule has 2 aliphatic rings. The van der Waals surface area contributed by atoms with E-state index in [1.165, 1.54) is 12.8 Å². The molecule has 164 valence electrons. The van der Waals surface area contributed by atoms with E-state index in [4.69, 9.17) is 5.10 Å². The minimum Gasteiger partial charge on any atom is -0.355 e. The highest BCUT2D eigenvalue weighted by Crippen LogP contribution is 2.29. The highest BCUT2D eigenvalue weighted by Gasteiger charge is 2.30. The molecule has 31 heavy (non-hydrogen) atoms. The van der Waals surface area contributed by atoms with Crippen LogP contribution in [0.4, 0.5) is 5.82 Å². The SMILES string of the molecule is CC(C)(C)c1cc(C(=O)N2CCC(c3nnc4ccc(N5CCCC5)nn34)CC2)n[nH]1. The summed E-state index contributed by atoms with van der Waals surface area (Å²) >= 11 is 0. The van der Waals surface area contributed by atoms with Gasteiger partial charge in [0, 0.05) is 43.2 Å². The first-order chi connectivity index (χ1) is 14.9. The van der Waals surface area contributed by atoms with Gasteiger partial charge in [-0.15, -0.1) is 15.3 Å². The third-order valence-corrected chi connectivity index (χ3v) is 6.46. The predicted molar refractivity (Wildman–Crippen MR) is 117 cm³/mol. The van der Waals surface area contributed by atoms with E-state index in [0.29, 0.717) is 18.8 Å². The summed E-state index contributed by atoms with van der Waals surface area (Å²) in [5.41, 5.74) is 2.19. The van der Waals surface area contributed by atoms with Crippen molar-refractivity contribution in [2.75, 3.05) is 31.1 Å². The van der Waals surface area contributed by atoms with E-state index in [2.05, 4.69) is 46.1 Å². The van der Waals surface area contributed by atoms with Gasteiger partial charge in [0.1, 0.15) is 11.5 Å². The first kappa shape index (κ1) is 20.0. The van der Waals surface area contributed by atoms with Crippen molar-refractivity contribution in [2.24, 2.45) is 0 Å². The van der Waals surface area contributed by atoms with E-state index in [-0.39, 0.29) is 17.2 Å². The van der Waals surface area contributed by atoms with Gasteiger partial charge in [-0.05, 0) is 43.9 Å². The van der Waals surface area contributed by atoms with Crippen LogP contribution in [-0.2, 0) is 5.41 Å². The average Bonchev–Trinajstić information content (AvgIpc) is 3.53. The molecule has 5 heterocycles. The van der Waals surface area contributed by atoms with Gasteiger partial charge in [0.05, 0.1) is 0 Å². The van der Waals surface area contributed by atoms with Crippen molar-refractivity contribution in [1.82, 2.24) is 34.9 Å². The average molecular weight is 423 g/mol. The van der Waals surface area contributed by atoms with Crippen LogP contribution in [0.5, 0.6) is 0 Å². The summed E-state index contributed by atoms with van der Waals surface area (Å²) < 4.78 is 1.90. The first-order valence-corrected chi connectivity index (χ1v) is 11.2. The van der Waals surface area contributed by atoms with Crippen LogP contribution < -0.4 is 4.90 Å². The van der Waals surface area contributed by atoms with E-state index in [9.17, 15) is 4.79 Å². The molecule has 5 rings (SSSR count). The lowest BCUT2D eigenvalue weighted by Crippen LogP contribution is -2.38. The molecule has 0 atom stereocenters. The third kappa shape index (κ3) is 3.77. The lowest BCUT2D eigenvalue weighted by Gasteiger charge is -2.30. The summed E-state index contributed by atoms with van der Waals surface area (Å²) in [5, 5.41) is 20.9. The number of piperidine rings is 1. The van der Waals surface area contributed by atoms with Crippen LogP contribution >= 0.6 is 0 Å². The number of carbonyl (C=O) groups excluding carboxylic acids is 1. The smallest absolute Gasteiger partial charge is 0.274 e. The number of hydrogen-bond acceptors (Lipinski definition) is 6. The van der Waals surface area contributed by atoms with Gasteiger partial charge in [-0.3, -0.25) is 9.89 Å². The molecule has 0 saturated carbocycles. The number of aromatic amines is 1. The fraction of sp³-hybridized carbons (Fsp3) is 0.591. The highest BCUT2D eigenvalue weighted by molar-refractivity contribution is 5.92. The summed E-state index contributed by atoms with van der Waals surface area (Å²) in [5.74, 6) is 2.13. The van der Waals surface area contributed by atoms with Gasteiger partial charge >= 0.3 is 0 Å². The Balaban J connectivity index is 1.29. The lowest BCUT2D eigenvalue weighted by molar-refractivity contribution is 0.0704. The maximum Gasteiger partial charge on any atom is 0.274 e. The third-order valence-electron chi connectivity index (χ3n) is 6.46. The largest absolute Gasteiger partial charge is 0.355 e. The number of nitrogens with one attached hydrogen (secondary N) is 1. The van der Waals surface area contributed by atoms with Gasteiger partial charge < -0.3 is 9.80 Å². The topological polar surface area (TPSA) is 95.3 Å². The van der Waals surface area contributed by atoms with Gasteiger partial charge in [-0.1, -0.05) is 20.8 Å². The summed E-state index contributed by atoms with van der Waals surface area (Å²) in [4.78, 5) is 17.1. The Morgan fingerprint density at radius 3 is 2.48 bits per heavy atom. The molecule has 2 fully saturated rings. The standard InChI is InChI=1S/C22H30N8O/c1-22(2,3)17-14-16(23-24-17)21(31)29-12-8-15(9-13-29)20-26-25-18-6-7-19(27-30(18)20)28-10-4-5-11-28/h6-7,14-15H,4-5,8-13H2,1-3H3,(H,23,24). The monoisotopic (exact) mass is 422 g/mol. The Morgan fingerprint density at radius 2 is 1.81 bits per heavy atom. The molecule has 3 aromatic heterocycles. The number of aromatic nitrogens is 6. The van der Waals surface area contributed by atoms with Crippen molar-refractivity contribution in [3.63, 3.8) is 0 Å². The second kappa shape index (κ2) is 7.62. The Morgan fingerprint density at radius 1 is 1.06 bits per heavy atom. The van der Waals surface area contributed by atoms with Crippen LogP contribution in [-0.4, -0.2) is 67.0 Å². The van der Waals surface area contributed by atoms with Gasteiger partial charge in [0.15, 0.2) is 11.5 Å². The Bertz CT molecular complexity index is 1080. The molecule has 1 N–H and O–H groups in total. The van der Waals surface area contributed by atoms with Crippen molar-refractivity contribution in [3.05, 3.63) is 35.4 Å². The van der Waals surface area contributed by atoms with Crippen molar-refractivity contribution >= 4 is 17.4 Å². The fourth-order valence-electron chi connectivity index (χ4n) is 4.48. The highest BCUT2D eigenvalue weighted by atomic mass is 16.2. The van der Waals surface area contributed by atoms with Crippen LogP contribution in [0.3, 0.4) is 0 Å². The summed E-state index contributed by atoms with van der Waals surface area (Å²) in [6.45, 7) is 9.79. The van der Waals surface area contributed by atoms with Gasteiger partial charge in [0.2, 0.25) is 0 Å². The summed E-state index contributed by atoms with van der Waals surface area (Å²) in [6.07, 6.45) is 4.13.